The molecule has 6 nitrogen and oxygen atoms in total. The first-order chi connectivity index (χ1) is 9.92. The number of benzene rings is 1. The van der Waals surface area contributed by atoms with Gasteiger partial charge in [-0.3, -0.25) is 4.79 Å². The molecule has 0 bridgehead atoms. The normalized spacial score (nSPS) is 24.1. The molecular formula is C13H16FNO5S2. The summed E-state index contributed by atoms with van der Waals surface area (Å²) in [5.74, 6) is -1.76. The number of rotatable bonds is 3. The Morgan fingerprint density at radius 1 is 1.36 bits per heavy atom. The number of nitrogens with one attached hydrogen (secondary N) is 1. The molecule has 122 valence electrons. The van der Waals surface area contributed by atoms with Gasteiger partial charge >= 0.3 is 0 Å². The van der Waals surface area contributed by atoms with Crippen molar-refractivity contribution in [3.05, 3.63) is 29.6 Å². The molecule has 1 aliphatic rings. The van der Waals surface area contributed by atoms with Crippen LogP contribution in [0.3, 0.4) is 0 Å². The average Bonchev–Trinajstić information content (AvgIpc) is 2.62. The van der Waals surface area contributed by atoms with Crippen LogP contribution in [0.25, 0.3) is 0 Å². The highest BCUT2D eigenvalue weighted by atomic mass is 32.2. The van der Waals surface area contributed by atoms with E-state index in [1.807, 2.05) is 0 Å². The van der Waals surface area contributed by atoms with Crippen molar-refractivity contribution in [1.29, 1.82) is 0 Å². The van der Waals surface area contributed by atoms with E-state index in [0.717, 1.165) is 24.5 Å². The van der Waals surface area contributed by atoms with Gasteiger partial charge in [-0.1, -0.05) is 0 Å². The standard InChI is InChI=1S/C13H16FNO5S2/c1-13(5-6-22(19,20)8-13)15-12(16)9-3-4-10(14)11(7-9)21(2,17)18/h3-4,7H,5-6,8H2,1-2H3,(H,15,16)/t13-/m0/s1. The molecular weight excluding hydrogens is 333 g/mol. The number of carbonyl (C=O) groups excluding carboxylic acids is 1. The fourth-order valence-corrected chi connectivity index (χ4v) is 5.24. The first-order valence-corrected chi connectivity index (χ1v) is 10.2. The van der Waals surface area contributed by atoms with Gasteiger partial charge < -0.3 is 5.32 Å². The summed E-state index contributed by atoms with van der Waals surface area (Å²) in [5, 5.41) is 2.59. The Bertz CT molecular complexity index is 832. The fourth-order valence-electron chi connectivity index (χ4n) is 2.38. The molecule has 2 rings (SSSR count). The molecule has 0 saturated carbocycles. The number of hydrogen-bond acceptors (Lipinski definition) is 5. The minimum Gasteiger partial charge on any atom is -0.346 e. The SMILES string of the molecule is C[C@]1(NC(=O)c2ccc(F)c(S(C)(=O)=O)c2)CCS(=O)(=O)C1. The molecule has 1 aliphatic heterocycles. The van der Waals surface area contributed by atoms with Crippen LogP contribution in [0, 0.1) is 5.82 Å². The molecule has 0 unspecified atom stereocenters. The zero-order valence-electron chi connectivity index (χ0n) is 12.1. The van der Waals surface area contributed by atoms with Crippen molar-refractivity contribution in [3.63, 3.8) is 0 Å². The molecule has 9 heteroatoms. The second-order valence-electron chi connectivity index (χ2n) is 5.77. The highest BCUT2D eigenvalue weighted by Crippen LogP contribution is 2.24. The summed E-state index contributed by atoms with van der Waals surface area (Å²) in [4.78, 5) is 11.6. The predicted octanol–water partition coefficient (Wildman–Crippen LogP) is 0.536. The van der Waals surface area contributed by atoms with Crippen molar-refractivity contribution in [2.24, 2.45) is 0 Å². The Kier molecular flexibility index (Phi) is 4.07. The number of sulfone groups is 2. The topological polar surface area (TPSA) is 97.4 Å². The van der Waals surface area contributed by atoms with Crippen molar-refractivity contribution in [2.75, 3.05) is 17.8 Å². The van der Waals surface area contributed by atoms with Crippen LogP contribution < -0.4 is 5.32 Å². The lowest BCUT2D eigenvalue weighted by Crippen LogP contribution is -2.46. The summed E-state index contributed by atoms with van der Waals surface area (Å²) in [5.41, 5.74) is -0.942. The molecule has 22 heavy (non-hydrogen) atoms. The second kappa shape index (κ2) is 5.31. The average molecular weight is 349 g/mol. The molecule has 1 aromatic carbocycles. The van der Waals surface area contributed by atoms with Gasteiger partial charge in [-0.05, 0) is 31.5 Å². The predicted molar refractivity (Wildman–Crippen MR) is 78.7 cm³/mol. The van der Waals surface area contributed by atoms with E-state index < -0.39 is 41.8 Å². The molecule has 1 atom stereocenters. The van der Waals surface area contributed by atoms with Crippen LogP contribution in [0.1, 0.15) is 23.7 Å². The van der Waals surface area contributed by atoms with Crippen LogP contribution in [0.2, 0.25) is 0 Å². The van der Waals surface area contributed by atoms with Crippen LogP contribution in [-0.4, -0.2) is 46.0 Å². The van der Waals surface area contributed by atoms with E-state index >= 15 is 0 Å². The molecule has 1 amide bonds. The van der Waals surface area contributed by atoms with Gasteiger partial charge in [-0.2, -0.15) is 0 Å². The van der Waals surface area contributed by atoms with Crippen molar-refractivity contribution in [3.8, 4) is 0 Å². The summed E-state index contributed by atoms with van der Waals surface area (Å²) in [6.45, 7) is 1.61. The van der Waals surface area contributed by atoms with Crippen LogP contribution in [-0.2, 0) is 19.7 Å². The van der Waals surface area contributed by atoms with Gasteiger partial charge in [0.1, 0.15) is 10.7 Å². The van der Waals surface area contributed by atoms with Crippen LogP contribution in [0.5, 0.6) is 0 Å². The molecule has 1 aromatic rings. The second-order valence-corrected chi connectivity index (χ2v) is 9.94. The van der Waals surface area contributed by atoms with Gasteiger partial charge in [0, 0.05) is 11.8 Å². The smallest absolute Gasteiger partial charge is 0.251 e. The molecule has 1 heterocycles. The fraction of sp³-hybridized carbons (Fsp3) is 0.462. The van der Waals surface area contributed by atoms with Gasteiger partial charge in [-0.25, -0.2) is 21.2 Å². The zero-order valence-corrected chi connectivity index (χ0v) is 13.7. The number of amides is 1. The monoisotopic (exact) mass is 349 g/mol. The molecule has 0 aromatic heterocycles. The minimum atomic E-state index is -3.80. The molecule has 1 saturated heterocycles. The third-order valence-corrected chi connectivity index (χ3v) is 6.53. The highest BCUT2D eigenvalue weighted by Gasteiger charge is 2.39. The van der Waals surface area contributed by atoms with Crippen molar-refractivity contribution < 1.29 is 26.0 Å². The van der Waals surface area contributed by atoms with E-state index in [1.54, 1.807) is 6.92 Å². The number of hydrogen-bond donors (Lipinski definition) is 1. The van der Waals surface area contributed by atoms with Gasteiger partial charge in [0.15, 0.2) is 19.7 Å². The Labute approximate surface area is 128 Å². The quantitative estimate of drug-likeness (QED) is 0.859. The highest BCUT2D eigenvalue weighted by molar-refractivity contribution is 7.91. The van der Waals surface area contributed by atoms with Crippen molar-refractivity contribution in [1.82, 2.24) is 5.32 Å². The molecule has 0 aliphatic carbocycles. The van der Waals surface area contributed by atoms with E-state index in [0.29, 0.717) is 0 Å². The number of carbonyl (C=O) groups is 1. The van der Waals surface area contributed by atoms with Crippen LogP contribution in [0.15, 0.2) is 23.1 Å². The summed E-state index contributed by atoms with van der Waals surface area (Å²) < 4.78 is 59.5. The summed E-state index contributed by atoms with van der Waals surface area (Å²) in [7, 11) is -6.99. The molecule has 1 N–H and O–H groups in total. The van der Waals surface area contributed by atoms with E-state index in [2.05, 4.69) is 5.32 Å². The number of halogens is 1. The first-order valence-electron chi connectivity index (χ1n) is 6.44. The largest absolute Gasteiger partial charge is 0.346 e. The van der Waals surface area contributed by atoms with Crippen molar-refractivity contribution in [2.45, 2.75) is 23.8 Å². The van der Waals surface area contributed by atoms with E-state index in [4.69, 9.17) is 0 Å². The minimum absolute atomic E-state index is 0.0121. The van der Waals surface area contributed by atoms with Crippen LogP contribution >= 0.6 is 0 Å². The zero-order chi connectivity index (χ0) is 16.8. The Morgan fingerprint density at radius 2 is 2.00 bits per heavy atom. The maximum absolute atomic E-state index is 13.5. The Hall–Kier alpha value is -1.48. The first kappa shape index (κ1) is 16.9. The van der Waals surface area contributed by atoms with E-state index in [9.17, 15) is 26.0 Å². The van der Waals surface area contributed by atoms with Gasteiger partial charge in [-0.15, -0.1) is 0 Å². The third-order valence-electron chi connectivity index (χ3n) is 3.51. The maximum atomic E-state index is 13.5. The lowest BCUT2D eigenvalue weighted by atomic mass is 10.0. The summed E-state index contributed by atoms with van der Waals surface area (Å²) in [6.07, 6.45) is 1.12. The lowest BCUT2D eigenvalue weighted by Gasteiger charge is -2.24. The third kappa shape index (κ3) is 3.64. The maximum Gasteiger partial charge on any atom is 0.251 e. The van der Waals surface area contributed by atoms with Crippen molar-refractivity contribution >= 4 is 25.6 Å². The Morgan fingerprint density at radius 3 is 2.50 bits per heavy atom. The van der Waals surface area contributed by atoms with Gasteiger partial charge in [0.25, 0.3) is 5.91 Å². The molecule has 1 fully saturated rings. The summed E-state index contributed by atoms with van der Waals surface area (Å²) in [6, 6.07) is 3.01. The molecule has 0 spiro atoms. The van der Waals surface area contributed by atoms with E-state index in [-0.39, 0.29) is 23.5 Å². The lowest BCUT2D eigenvalue weighted by molar-refractivity contribution is 0.0915. The molecule has 0 radical (unpaired) electrons. The summed E-state index contributed by atoms with van der Waals surface area (Å²) >= 11 is 0. The Balaban J connectivity index is 2.28. The van der Waals surface area contributed by atoms with E-state index in [1.165, 1.54) is 0 Å². The van der Waals surface area contributed by atoms with Gasteiger partial charge in [0.2, 0.25) is 0 Å². The van der Waals surface area contributed by atoms with Gasteiger partial charge in [0.05, 0.1) is 17.0 Å². The van der Waals surface area contributed by atoms with Crippen LogP contribution in [0.4, 0.5) is 4.39 Å².